The lowest BCUT2D eigenvalue weighted by Gasteiger charge is -2.10. The second-order valence-electron chi connectivity index (χ2n) is 4.74. The quantitative estimate of drug-likeness (QED) is 0.627. The molecule has 1 heterocycles. The molecule has 0 radical (unpaired) electrons. The molecule has 106 valence electrons. The second-order valence-corrected chi connectivity index (χ2v) is 5.15. The summed E-state index contributed by atoms with van der Waals surface area (Å²) < 4.78 is 0. The van der Waals surface area contributed by atoms with E-state index in [-0.39, 0.29) is 6.03 Å². The highest BCUT2D eigenvalue weighted by atomic mass is 35.5. The zero-order chi connectivity index (χ0) is 14.8. The molecule has 0 bridgehead atoms. The van der Waals surface area contributed by atoms with Crippen LogP contribution in [0.4, 0.5) is 16.2 Å². The zero-order valence-electron chi connectivity index (χ0n) is 11.4. The molecule has 0 aliphatic heterocycles. The van der Waals surface area contributed by atoms with Crippen LogP contribution in [0.3, 0.4) is 0 Å². The molecular formula is C16H14ClN3O. The van der Waals surface area contributed by atoms with Crippen molar-refractivity contribution in [3.05, 3.63) is 59.2 Å². The molecule has 5 heteroatoms. The Labute approximate surface area is 127 Å². The lowest BCUT2D eigenvalue weighted by atomic mass is 10.2. The average molecular weight is 300 g/mol. The largest absolute Gasteiger partial charge is 0.359 e. The number of benzene rings is 2. The number of anilines is 2. The summed E-state index contributed by atoms with van der Waals surface area (Å²) >= 11 is 6.04. The van der Waals surface area contributed by atoms with Crippen molar-refractivity contribution in [2.45, 2.75) is 6.92 Å². The van der Waals surface area contributed by atoms with E-state index in [2.05, 4.69) is 15.6 Å². The number of carbonyl (C=O) groups is 1. The third kappa shape index (κ3) is 2.71. The minimum atomic E-state index is -0.301. The third-order valence-electron chi connectivity index (χ3n) is 3.35. The maximum absolute atomic E-state index is 12.1. The minimum absolute atomic E-state index is 0.301. The normalized spacial score (nSPS) is 10.6. The first-order valence-corrected chi connectivity index (χ1v) is 6.92. The summed E-state index contributed by atoms with van der Waals surface area (Å²) in [7, 11) is 0. The second kappa shape index (κ2) is 5.50. The molecule has 0 saturated heterocycles. The molecule has 4 nitrogen and oxygen atoms in total. The molecule has 0 saturated carbocycles. The van der Waals surface area contributed by atoms with E-state index in [9.17, 15) is 4.79 Å². The Morgan fingerprint density at radius 2 is 1.81 bits per heavy atom. The van der Waals surface area contributed by atoms with Gasteiger partial charge in [-0.1, -0.05) is 35.9 Å². The van der Waals surface area contributed by atoms with Crippen molar-refractivity contribution >= 4 is 39.9 Å². The maximum Gasteiger partial charge on any atom is 0.323 e. The standard InChI is InChI=1S/C16H14ClN3O/c1-10-12(17)6-4-8-13(10)19-16(21)20-15-9-18-14-7-3-2-5-11(14)15/h2-9,18H,1H3,(H2,19,20,21). The number of rotatable bonds is 2. The van der Waals surface area contributed by atoms with E-state index in [1.54, 1.807) is 18.3 Å². The van der Waals surface area contributed by atoms with Gasteiger partial charge in [0.25, 0.3) is 0 Å². The van der Waals surface area contributed by atoms with Crippen molar-refractivity contribution in [3.63, 3.8) is 0 Å². The van der Waals surface area contributed by atoms with E-state index in [1.165, 1.54) is 0 Å². The van der Waals surface area contributed by atoms with Crippen LogP contribution in [0.25, 0.3) is 10.9 Å². The number of aromatic nitrogens is 1. The van der Waals surface area contributed by atoms with Crippen LogP contribution in [0.15, 0.2) is 48.7 Å². The number of hydrogen-bond acceptors (Lipinski definition) is 1. The zero-order valence-corrected chi connectivity index (χ0v) is 12.2. The fourth-order valence-corrected chi connectivity index (χ4v) is 2.37. The lowest BCUT2D eigenvalue weighted by molar-refractivity contribution is 0.262. The highest BCUT2D eigenvalue weighted by Crippen LogP contribution is 2.25. The van der Waals surface area contributed by atoms with Crippen molar-refractivity contribution in [1.29, 1.82) is 0 Å². The van der Waals surface area contributed by atoms with Gasteiger partial charge in [-0.05, 0) is 30.7 Å². The number of H-pyrrole nitrogens is 1. The molecule has 1 aromatic heterocycles. The summed E-state index contributed by atoms with van der Waals surface area (Å²) in [5.74, 6) is 0. The van der Waals surface area contributed by atoms with E-state index >= 15 is 0 Å². The van der Waals surface area contributed by atoms with Gasteiger partial charge in [-0.2, -0.15) is 0 Å². The molecule has 3 N–H and O–H groups in total. The molecule has 0 atom stereocenters. The first-order chi connectivity index (χ1) is 10.1. The molecule has 0 fully saturated rings. The van der Waals surface area contributed by atoms with Gasteiger partial charge in [-0.15, -0.1) is 0 Å². The van der Waals surface area contributed by atoms with Crippen LogP contribution in [0.2, 0.25) is 5.02 Å². The number of urea groups is 1. The summed E-state index contributed by atoms with van der Waals surface area (Å²) in [5, 5.41) is 7.23. The van der Waals surface area contributed by atoms with Gasteiger partial charge in [-0.25, -0.2) is 4.79 Å². The van der Waals surface area contributed by atoms with E-state index in [0.717, 1.165) is 22.2 Å². The van der Waals surface area contributed by atoms with Crippen molar-refractivity contribution in [2.24, 2.45) is 0 Å². The average Bonchev–Trinajstić information content (AvgIpc) is 2.87. The van der Waals surface area contributed by atoms with Crippen LogP contribution in [-0.4, -0.2) is 11.0 Å². The van der Waals surface area contributed by atoms with Crippen LogP contribution in [0.1, 0.15) is 5.56 Å². The van der Waals surface area contributed by atoms with Gasteiger partial charge in [0, 0.05) is 27.8 Å². The van der Waals surface area contributed by atoms with E-state index in [4.69, 9.17) is 11.6 Å². The summed E-state index contributed by atoms with van der Waals surface area (Å²) in [6.45, 7) is 1.86. The number of amides is 2. The number of nitrogens with one attached hydrogen (secondary N) is 3. The topological polar surface area (TPSA) is 56.9 Å². The van der Waals surface area contributed by atoms with Crippen LogP contribution in [0, 0.1) is 6.92 Å². The van der Waals surface area contributed by atoms with Gasteiger partial charge >= 0.3 is 6.03 Å². The SMILES string of the molecule is Cc1c(Cl)cccc1NC(=O)Nc1c[nH]c2ccccc12. The molecule has 21 heavy (non-hydrogen) atoms. The summed E-state index contributed by atoms with van der Waals surface area (Å²) in [4.78, 5) is 15.2. The lowest BCUT2D eigenvalue weighted by Crippen LogP contribution is -2.19. The third-order valence-corrected chi connectivity index (χ3v) is 3.76. The van der Waals surface area contributed by atoms with E-state index in [0.29, 0.717) is 10.7 Å². The predicted molar refractivity (Wildman–Crippen MR) is 87.1 cm³/mol. The van der Waals surface area contributed by atoms with E-state index in [1.807, 2.05) is 37.3 Å². The molecular weight excluding hydrogens is 286 g/mol. The van der Waals surface area contributed by atoms with Crippen molar-refractivity contribution in [3.8, 4) is 0 Å². The number of aromatic amines is 1. The van der Waals surface area contributed by atoms with Gasteiger partial charge in [0.05, 0.1) is 5.69 Å². The fourth-order valence-electron chi connectivity index (χ4n) is 2.19. The molecule has 3 rings (SSSR count). The highest BCUT2D eigenvalue weighted by Gasteiger charge is 2.09. The highest BCUT2D eigenvalue weighted by molar-refractivity contribution is 6.31. The summed E-state index contributed by atoms with van der Waals surface area (Å²) in [5.41, 5.74) is 3.25. The van der Waals surface area contributed by atoms with Crippen molar-refractivity contribution < 1.29 is 4.79 Å². The number of carbonyl (C=O) groups excluding carboxylic acids is 1. The van der Waals surface area contributed by atoms with Crippen molar-refractivity contribution in [2.75, 3.05) is 10.6 Å². The first kappa shape index (κ1) is 13.5. The number of hydrogen-bond donors (Lipinski definition) is 3. The molecule has 0 aliphatic rings. The predicted octanol–water partition coefficient (Wildman–Crippen LogP) is 4.77. The molecule has 0 aliphatic carbocycles. The van der Waals surface area contributed by atoms with E-state index < -0.39 is 0 Å². The van der Waals surface area contributed by atoms with Gasteiger partial charge in [0.2, 0.25) is 0 Å². The monoisotopic (exact) mass is 299 g/mol. The van der Waals surface area contributed by atoms with Gasteiger partial charge in [0.15, 0.2) is 0 Å². The maximum atomic E-state index is 12.1. The Morgan fingerprint density at radius 1 is 1.05 bits per heavy atom. The Bertz CT molecular complexity index is 810. The van der Waals surface area contributed by atoms with Crippen molar-refractivity contribution in [1.82, 2.24) is 4.98 Å². The van der Waals surface area contributed by atoms with Crippen LogP contribution < -0.4 is 10.6 Å². The smallest absolute Gasteiger partial charge is 0.323 e. The molecule has 3 aromatic rings. The Kier molecular flexibility index (Phi) is 3.54. The van der Waals surface area contributed by atoms with Crippen LogP contribution >= 0.6 is 11.6 Å². The van der Waals surface area contributed by atoms with Gasteiger partial charge in [0.1, 0.15) is 0 Å². The van der Waals surface area contributed by atoms with Crippen LogP contribution in [-0.2, 0) is 0 Å². The molecule has 0 spiro atoms. The Balaban J connectivity index is 1.79. The van der Waals surface area contributed by atoms with Gasteiger partial charge < -0.3 is 15.6 Å². The Hall–Kier alpha value is -2.46. The number of halogens is 1. The minimum Gasteiger partial charge on any atom is -0.359 e. The van der Waals surface area contributed by atoms with Crippen LogP contribution in [0.5, 0.6) is 0 Å². The molecule has 2 amide bonds. The molecule has 0 unspecified atom stereocenters. The fraction of sp³-hybridized carbons (Fsp3) is 0.0625. The summed E-state index contributed by atoms with van der Waals surface area (Å²) in [6, 6.07) is 12.9. The number of para-hydroxylation sites is 1. The first-order valence-electron chi connectivity index (χ1n) is 6.54. The number of fused-ring (bicyclic) bond motifs is 1. The molecule has 2 aromatic carbocycles. The summed E-state index contributed by atoms with van der Waals surface area (Å²) in [6.07, 6.45) is 1.77. The Morgan fingerprint density at radius 3 is 2.67 bits per heavy atom. The van der Waals surface area contributed by atoms with Gasteiger partial charge in [-0.3, -0.25) is 0 Å².